The van der Waals surface area contributed by atoms with Crippen molar-refractivity contribution in [2.45, 2.75) is 25.7 Å². The fraction of sp³-hybridized carbons (Fsp3) is 0.263. The smallest absolute Gasteiger partial charge is 0.312 e. The fourth-order valence-corrected chi connectivity index (χ4v) is 3.46. The van der Waals surface area contributed by atoms with E-state index >= 15 is 0 Å². The molecule has 0 fully saturated rings. The second-order valence-electron chi connectivity index (χ2n) is 6.25. The molecule has 2 aromatic rings. The molecule has 2 aliphatic rings. The minimum absolute atomic E-state index is 0.134. The van der Waals surface area contributed by atoms with Crippen LogP contribution < -0.4 is 0 Å². The van der Waals surface area contributed by atoms with Crippen molar-refractivity contribution in [3.05, 3.63) is 70.3 Å². The van der Waals surface area contributed by atoms with E-state index in [2.05, 4.69) is 0 Å². The molecule has 0 saturated carbocycles. The van der Waals surface area contributed by atoms with Gasteiger partial charge in [0.15, 0.2) is 0 Å². The zero-order valence-electron chi connectivity index (χ0n) is 13.1. The van der Waals surface area contributed by atoms with Gasteiger partial charge in [0.1, 0.15) is 0 Å². The van der Waals surface area contributed by atoms with Crippen LogP contribution in [0.3, 0.4) is 0 Å². The summed E-state index contributed by atoms with van der Waals surface area (Å²) in [4.78, 5) is 26.1. The molecule has 24 heavy (non-hydrogen) atoms. The van der Waals surface area contributed by atoms with Crippen LogP contribution in [-0.4, -0.2) is 28.4 Å². The first kappa shape index (κ1) is 14.9. The van der Waals surface area contributed by atoms with Crippen molar-refractivity contribution >= 4 is 11.9 Å². The van der Waals surface area contributed by atoms with Gasteiger partial charge in [0, 0.05) is 18.7 Å². The molecule has 0 radical (unpaired) electrons. The third-order valence-corrected chi connectivity index (χ3v) is 4.75. The maximum absolute atomic E-state index is 12.9. The predicted octanol–water partition coefficient (Wildman–Crippen LogP) is 2.54. The second-order valence-corrected chi connectivity index (χ2v) is 6.25. The maximum atomic E-state index is 12.9. The highest BCUT2D eigenvalue weighted by atomic mass is 16.5. The molecule has 1 atom stereocenters. The van der Waals surface area contributed by atoms with Gasteiger partial charge >= 0.3 is 5.97 Å². The quantitative estimate of drug-likeness (QED) is 0.922. The molecule has 0 spiro atoms. The van der Waals surface area contributed by atoms with Gasteiger partial charge in [-0.3, -0.25) is 9.59 Å². The molecular formula is C19H17NO4. The number of carbonyl (C=O) groups excluding carboxylic acids is 1. The average Bonchev–Trinajstić information content (AvgIpc) is 3.07. The largest absolute Gasteiger partial charge is 0.481 e. The number of rotatable bonds is 2. The molecule has 2 aliphatic heterocycles. The lowest BCUT2D eigenvalue weighted by atomic mass is 9.89. The summed E-state index contributed by atoms with van der Waals surface area (Å²) in [5.41, 5.74) is 4.43. The number of aliphatic carboxylic acids is 1. The molecule has 122 valence electrons. The van der Waals surface area contributed by atoms with Gasteiger partial charge in [-0.25, -0.2) is 0 Å². The lowest BCUT2D eigenvalue weighted by Crippen LogP contribution is -2.40. The third kappa shape index (κ3) is 2.47. The van der Waals surface area contributed by atoms with Crippen molar-refractivity contribution in [2.24, 2.45) is 0 Å². The van der Waals surface area contributed by atoms with Gasteiger partial charge < -0.3 is 14.7 Å². The van der Waals surface area contributed by atoms with Gasteiger partial charge in [-0.2, -0.15) is 0 Å². The molecule has 0 aromatic heterocycles. The summed E-state index contributed by atoms with van der Waals surface area (Å²) in [6.07, 6.45) is 0. The maximum Gasteiger partial charge on any atom is 0.312 e. The lowest BCUT2D eigenvalue weighted by molar-refractivity contribution is -0.139. The lowest BCUT2D eigenvalue weighted by Gasteiger charge is -2.33. The summed E-state index contributed by atoms with van der Waals surface area (Å²) >= 11 is 0. The molecule has 5 nitrogen and oxygen atoms in total. The highest BCUT2D eigenvalue weighted by molar-refractivity contribution is 5.95. The van der Waals surface area contributed by atoms with Gasteiger partial charge in [-0.05, 0) is 34.4 Å². The van der Waals surface area contributed by atoms with Gasteiger partial charge in [0.05, 0.1) is 19.1 Å². The Morgan fingerprint density at radius 2 is 1.83 bits per heavy atom. The van der Waals surface area contributed by atoms with E-state index in [4.69, 9.17) is 4.74 Å². The van der Waals surface area contributed by atoms with Crippen molar-refractivity contribution in [1.82, 2.24) is 4.90 Å². The van der Waals surface area contributed by atoms with E-state index in [-0.39, 0.29) is 12.5 Å². The monoisotopic (exact) mass is 323 g/mol. The number of ether oxygens (including phenoxy) is 1. The molecule has 1 amide bonds. The third-order valence-electron chi connectivity index (χ3n) is 4.75. The van der Waals surface area contributed by atoms with Crippen LogP contribution in [0.1, 0.15) is 38.5 Å². The van der Waals surface area contributed by atoms with Gasteiger partial charge in [-0.1, -0.05) is 30.3 Å². The summed E-state index contributed by atoms with van der Waals surface area (Å²) in [6.45, 7) is 1.74. The van der Waals surface area contributed by atoms with Crippen LogP contribution in [0.5, 0.6) is 0 Å². The zero-order valence-corrected chi connectivity index (χ0v) is 13.1. The van der Waals surface area contributed by atoms with E-state index in [0.717, 1.165) is 22.3 Å². The Labute approximate surface area is 139 Å². The van der Waals surface area contributed by atoms with Crippen molar-refractivity contribution in [1.29, 1.82) is 0 Å². The Hall–Kier alpha value is -2.66. The summed E-state index contributed by atoms with van der Waals surface area (Å²) in [6, 6.07) is 13.0. The zero-order chi connectivity index (χ0) is 16.7. The molecular weight excluding hydrogens is 306 g/mol. The molecule has 2 aromatic carbocycles. The van der Waals surface area contributed by atoms with E-state index < -0.39 is 11.9 Å². The summed E-state index contributed by atoms with van der Waals surface area (Å²) in [5, 5.41) is 9.53. The van der Waals surface area contributed by atoms with Crippen LogP contribution >= 0.6 is 0 Å². The summed E-state index contributed by atoms with van der Waals surface area (Å²) in [7, 11) is 0. The Balaban J connectivity index is 1.65. The van der Waals surface area contributed by atoms with Crippen LogP contribution in [-0.2, 0) is 29.3 Å². The Morgan fingerprint density at radius 1 is 1.04 bits per heavy atom. The number of carbonyl (C=O) groups is 2. The average molecular weight is 323 g/mol. The normalized spacial score (nSPS) is 18.8. The van der Waals surface area contributed by atoms with Crippen LogP contribution in [0.4, 0.5) is 0 Å². The van der Waals surface area contributed by atoms with E-state index in [1.54, 1.807) is 11.0 Å². The number of fused-ring (bicyclic) bond motifs is 2. The summed E-state index contributed by atoms with van der Waals surface area (Å²) in [5.74, 6) is -1.72. The molecule has 0 saturated heterocycles. The molecule has 0 aliphatic carbocycles. The SMILES string of the molecule is O=C(O)C1CN(C(=O)c2ccc3c(c2)COC3)Cc2ccccc21. The standard InChI is InChI=1S/C19H17NO4/c21-18(12-5-6-14-10-24-11-15(14)7-12)20-8-13-3-1-2-4-16(13)17(9-20)19(22)23/h1-7,17H,8-11H2,(H,22,23). The van der Waals surface area contributed by atoms with Crippen molar-refractivity contribution < 1.29 is 19.4 Å². The minimum Gasteiger partial charge on any atom is -0.481 e. The Kier molecular flexibility index (Phi) is 3.58. The minimum atomic E-state index is -0.901. The number of hydrogen-bond acceptors (Lipinski definition) is 3. The van der Waals surface area contributed by atoms with Crippen LogP contribution in [0.2, 0.25) is 0 Å². The number of hydrogen-bond donors (Lipinski definition) is 1. The number of nitrogens with zero attached hydrogens (tertiary/aromatic N) is 1. The van der Waals surface area contributed by atoms with Gasteiger partial charge in [0.2, 0.25) is 0 Å². The first-order chi connectivity index (χ1) is 11.6. The number of benzene rings is 2. The molecule has 1 N–H and O–H groups in total. The van der Waals surface area contributed by atoms with Crippen LogP contribution in [0.25, 0.3) is 0 Å². The highest BCUT2D eigenvalue weighted by Crippen LogP contribution is 2.30. The number of amides is 1. The van der Waals surface area contributed by atoms with Crippen molar-refractivity contribution in [3.63, 3.8) is 0 Å². The summed E-state index contributed by atoms with van der Waals surface area (Å²) < 4.78 is 5.39. The predicted molar refractivity (Wildman–Crippen MR) is 86.5 cm³/mol. The van der Waals surface area contributed by atoms with Gasteiger partial charge in [-0.15, -0.1) is 0 Å². The molecule has 4 rings (SSSR count). The first-order valence-electron chi connectivity index (χ1n) is 7.93. The van der Waals surface area contributed by atoms with Crippen LogP contribution in [0, 0.1) is 0 Å². The molecule has 0 bridgehead atoms. The molecule has 1 unspecified atom stereocenters. The Morgan fingerprint density at radius 3 is 2.67 bits per heavy atom. The van der Waals surface area contributed by atoms with Crippen molar-refractivity contribution in [2.75, 3.05) is 6.54 Å². The van der Waals surface area contributed by atoms with E-state index in [1.807, 2.05) is 36.4 Å². The highest BCUT2D eigenvalue weighted by Gasteiger charge is 2.32. The second kappa shape index (κ2) is 5.76. The van der Waals surface area contributed by atoms with Crippen molar-refractivity contribution in [3.8, 4) is 0 Å². The van der Waals surface area contributed by atoms with Crippen LogP contribution in [0.15, 0.2) is 42.5 Å². The first-order valence-corrected chi connectivity index (χ1v) is 7.93. The van der Waals surface area contributed by atoms with E-state index in [1.165, 1.54) is 0 Å². The van der Waals surface area contributed by atoms with E-state index in [0.29, 0.717) is 25.3 Å². The fourth-order valence-electron chi connectivity index (χ4n) is 3.46. The number of carboxylic acid groups (broad SMARTS) is 1. The number of carboxylic acids is 1. The van der Waals surface area contributed by atoms with E-state index in [9.17, 15) is 14.7 Å². The molecule has 5 heteroatoms. The topological polar surface area (TPSA) is 66.8 Å². The molecule has 2 heterocycles. The Bertz CT molecular complexity index is 830. The van der Waals surface area contributed by atoms with Gasteiger partial charge in [0.25, 0.3) is 5.91 Å².